The molecule has 6 heteroatoms. The zero-order valence-electron chi connectivity index (χ0n) is 10.8. The number of thiazole rings is 1. The molecule has 1 aromatic heterocycles. The van der Waals surface area contributed by atoms with Crippen molar-refractivity contribution in [2.75, 3.05) is 38.6 Å². The summed E-state index contributed by atoms with van der Waals surface area (Å²) in [4.78, 5) is 9.94. The maximum atomic E-state index is 6.03. The summed E-state index contributed by atoms with van der Waals surface area (Å²) in [7, 11) is 4.28. The molecule has 18 heavy (non-hydrogen) atoms. The first-order valence-corrected chi connectivity index (χ1v) is 7.94. The van der Waals surface area contributed by atoms with Crippen LogP contribution < -0.4 is 4.90 Å². The van der Waals surface area contributed by atoms with Crippen LogP contribution >= 0.6 is 34.5 Å². The van der Waals surface area contributed by atoms with Crippen molar-refractivity contribution in [3.8, 4) is 0 Å². The molecular formula is C12H19Cl2N3S. The first-order valence-electron chi connectivity index (χ1n) is 6.21. The second kappa shape index (κ2) is 6.42. The van der Waals surface area contributed by atoms with Gasteiger partial charge in [-0.3, -0.25) is 0 Å². The summed E-state index contributed by atoms with van der Waals surface area (Å²) in [6.45, 7) is 3.45. The van der Waals surface area contributed by atoms with E-state index >= 15 is 0 Å². The van der Waals surface area contributed by atoms with Crippen molar-refractivity contribution in [2.24, 2.45) is 5.92 Å². The molecule has 0 spiro atoms. The van der Waals surface area contributed by atoms with Gasteiger partial charge in [-0.15, -0.1) is 11.6 Å². The fourth-order valence-electron chi connectivity index (χ4n) is 2.28. The van der Waals surface area contributed by atoms with Crippen LogP contribution in [-0.4, -0.2) is 43.6 Å². The van der Waals surface area contributed by atoms with Gasteiger partial charge in [-0.25, -0.2) is 4.98 Å². The van der Waals surface area contributed by atoms with Crippen LogP contribution in [0.2, 0.25) is 5.15 Å². The number of piperidine rings is 1. The predicted octanol–water partition coefficient (Wildman–Crippen LogP) is 3.31. The Morgan fingerprint density at radius 2 is 2.11 bits per heavy atom. The number of alkyl halides is 1. The number of hydrogen-bond donors (Lipinski definition) is 0. The van der Waals surface area contributed by atoms with Crippen molar-refractivity contribution in [1.29, 1.82) is 0 Å². The summed E-state index contributed by atoms with van der Waals surface area (Å²) >= 11 is 13.4. The Balaban J connectivity index is 1.92. The van der Waals surface area contributed by atoms with E-state index in [9.17, 15) is 0 Å². The molecule has 0 atom stereocenters. The molecule has 1 aromatic rings. The van der Waals surface area contributed by atoms with Crippen LogP contribution in [0.3, 0.4) is 0 Å². The third-order valence-electron chi connectivity index (χ3n) is 3.46. The van der Waals surface area contributed by atoms with E-state index in [0.717, 1.165) is 22.5 Å². The Kier molecular flexibility index (Phi) is 5.13. The molecule has 1 fully saturated rings. The maximum absolute atomic E-state index is 6.03. The fraction of sp³-hybridized carbons (Fsp3) is 0.750. The highest BCUT2D eigenvalue weighted by molar-refractivity contribution is 7.16. The van der Waals surface area contributed by atoms with Crippen LogP contribution in [0, 0.1) is 5.92 Å². The first-order chi connectivity index (χ1) is 8.60. The molecule has 2 heterocycles. The molecule has 0 saturated carbocycles. The van der Waals surface area contributed by atoms with Crippen molar-refractivity contribution in [3.63, 3.8) is 0 Å². The van der Waals surface area contributed by atoms with E-state index in [-0.39, 0.29) is 0 Å². The summed E-state index contributed by atoms with van der Waals surface area (Å²) in [5.74, 6) is 1.20. The van der Waals surface area contributed by atoms with E-state index in [1.165, 1.54) is 25.9 Å². The summed E-state index contributed by atoms with van der Waals surface area (Å²) in [5.41, 5.74) is 0. The average Bonchev–Trinajstić information content (AvgIpc) is 2.73. The molecule has 0 bridgehead atoms. The van der Waals surface area contributed by atoms with Crippen molar-refractivity contribution in [3.05, 3.63) is 10.0 Å². The van der Waals surface area contributed by atoms with Gasteiger partial charge in [-0.2, -0.15) is 0 Å². The van der Waals surface area contributed by atoms with E-state index in [0.29, 0.717) is 11.0 Å². The monoisotopic (exact) mass is 307 g/mol. The zero-order valence-corrected chi connectivity index (χ0v) is 13.2. The minimum Gasteiger partial charge on any atom is -0.351 e. The first kappa shape index (κ1) is 14.4. The lowest BCUT2D eigenvalue weighted by Crippen LogP contribution is -2.35. The smallest absolute Gasteiger partial charge is 0.186 e. The van der Waals surface area contributed by atoms with Gasteiger partial charge in [-0.05, 0) is 38.9 Å². The lowest BCUT2D eigenvalue weighted by molar-refractivity contribution is 0.222. The van der Waals surface area contributed by atoms with Crippen molar-refractivity contribution >= 4 is 39.7 Å². The quantitative estimate of drug-likeness (QED) is 0.796. The van der Waals surface area contributed by atoms with Crippen LogP contribution in [0.25, 0.3) is 0 Å². The minimum atomic E-state index is 0.443. The number of rotatable bonds is 4. The number of likely N-dealkylation sites (tertiary alicyclic amines) is 1. The summed E-state index contributed by atoms with van der Waals surface area (Å²) in [6, 6.07) is 0. The van der Waals surface area contributed by atoms with Crippen LogP contribution in [0.4, 0.5) is 5.13 Å². The third-order valence-corrected chi connectivity index (χ3v) is 5.48. The van der Waals surface area contributed by atoms with Gasteiger partial charge < -0.3 is 9.80 Å². The Bertz CT molecular complexity index is 389. The van der Waals surface area contributed by atoms with E-state index < -0.39 is 0 Å². The number of anilines is 1. The maximum Gasteiger partial charge on any atom is 0.186 e. The molecule has 2 rings (SSSR count). The molecule has 0 aromatic carbocycles. The van der Waals surface area contributed by atoms with Gasteiger partial charge in [0.05, 0.1) is 10.8 Å². The minimum absolute atomic E-state index is 0.443. The summed E-state index contributed by atoms with van der Waals surface area (Å²) in [6.07, 6.45) is 2.53. The largest absolute Gasteiger partial charge is 0.351 e. The predicted molar refractivity (Wildman–Crippen MR) is 80.2 cm³/mol. The molecule has 3 nitrogen and oxygen atoms in total. The number of halogens is 2. The van der Waals surface area contributed by atoms with Gasteiger partial charge in [0.15, 0.2) is 5.13 Å². The van der Waals surface area contributed by atoms with Gasteiger partial charge in [0.25, 0.3) is 0 Å². The second-order valence-corrected chi connectivity index (χ2v) is 6.66. The lowest BCUT2D eigenvalue weighted by Gasteiger charge is -2.31. The highest BCUT2D eigenvalue weighted by Crippen LogP contribution is 2.31. The number of hydrogen-bond acceptors (Lipinski definition) is 4. The number of nitrogens with zero attached hydrogens (tertiary/aromatic N) is 3. The molecule has 0 unspecified atom stereocenters. The molecule has 0 N–H and O–H groups in total. The Morgan fingerprint density at radius 3 is 2.67 bits per heavy atom. The zero-order chi connectivity index (χ0) is 13.1. The van der Waals surface area contributed by atoms with E-state index in [2.05, 4.69) is 28.9 Å². The number of aromatic nitrogens is 1. The van der Waals surface area contributed by atoms with Gasteiger partial charge in [0.2, 0.25) is 0 Å². The SMILES string of the molecule is CN1CCC(CN(C)c2nc(Cl)c(CCl)s2)CC1. The third kappa shape index (κ3) is 3.50. The van der Waals surface area contributed by atoms with Gasteiger partial charge in [0, 0.05) is 13.6 Å². The molecule has 0 radical (unpaired) electrons. The highest BCUT2D eigenvalue weighted by atomic mass is 35.5. The fourth-order valence-corrected chi connectivity index (χ4v) is 3.72. The van der Waals surface area contributed by atoms with E-state index in [1.807, 2.05) is 0 Å². The molecular weight excluding hydrogens is 289 g/mol. The van der Waals surface area contributed by atoms with Gasteiger partial charge in [-0.1, -0.05) is 22.9 Å². The normalized spacial score (nSPS) is 18.2. The molecule has 102 valence electrons. The second-order valence-electron chi connectivity index (χ2n) is 4.97. The van der Waals surface area contributed by atoms with Crippen LogP contribution in [-0.2, 0) is 5.88 Å². The van der Waals surface area contributed by atoms with Crippen molar-refractivity contribution < 1.29 is 0 Å². The molecule has 1 aliphatic heterocycles. The van der Waals surface area contributed by atoms with Gasteiger partial charge >= 0.3 is 0 Å². The molecule has 1 aliphatic rings. The Hall–Kier alpha value is -0.0300. The molecule has 0 amide bonds. The lowest BCUT2D eigenvalue weighted by atomic mass is 9.97. The van der Waals surface area contributed by atoms with Crippen molar-refractivity contribution in [1.82, 2.24) is 9.88 Å². The van der Waals surface area contributed by atoms with Crippen LogP contribution in [0.5, 0.6) is 0 Å². The standard InChI is InChI=1S/C12H19Cl2N3S/c1-16-5-3-9(4-6-16)8-17(2)12-15-11(14)10(7-13)18-12/h9H,3-8H2,1-2H3. The average molecular weight is 308 g/mol. The Labute approximate surface area is 123 Å². The van der Waals surface area contributed by atoms with Crippen LogP contribution in [0.1, 0.15) is 17.7 Å². The molecule has 1 saturated heterocycles. The topological polar surface area (TPSA) is 19.4 Å². The van der Waals surface area contributed by atoms with Crippen LogP contribution in [0.15, 0.2) is 0 Å². The molecule has 0 aliphatic carbocycles. The van der Waals surface area contributed by atoms with Crippen molar-refractivity contribution in [2.45, 2.75) is 18.7 Å². The summed E-state index contributed by atoms with van der Waals surface area (Å²) < 4.78 is 0. The van der Waals surface area contributed by atoms with E-state index in [4.69, 9.17) is 23.2 Å². The Morgan fingerprint density at radius 1 is 1.44 bits per heavy atom. The van der Waals surface area contributed by atoms with E-state index in [1.54, 1.807) is 11.3 Å². The van der Waals surface area contributed by atoms with Gasteiger partial charge in [0.1, 0.15) is 5.15 Å². The highest BCUT2D eigenvalue weighted by Gasteiger charge is 2.20. The summed E-state index contributed by atoms with van der Waals surface area (Å²) in [5, 5.41) is 1.54.